The number of aryl methyl sites for hydroxylation is 1. The molecule has 1 heterocycles. The molecule has 0 saturated heterocycles. The van der Waals surface area contributed by atoms with Crippen LogP contribution in [0.1, 0.15) is 23.7 Å². The number of ether oxygens (including phenoxy) is 3. The molecule has 1 aliphatic rings. The van der Waals surface area contributed by atoms with Gasteiger partial charge in [0.05, 0.1) is 6.61 Å². The van der Waals surface area contributed by atoms with Crippen LogP contribution >= 0.6 is 0 Å². The summed E-state index contributed by atoms with van der Waals surface area (Å²) in [6, 6.07) is 24.7. The Kier molecular flexibility index (Phi) is 5.66. The van der Waals surface area contributed by atoms with Crippen molar-refractivity contribution < 1.29 is 24.1 Å². The molecule has 0 spiro atoms. The predicted octanol–water partition coefficient (Wildman–Crippen LogP) is 4.66. The van der Waals surface area contributed by atoms with Crippen LogP contribution in [-0.2, 0) is 11.2 Å². The highest BCUT2D eigenvalue weighted by molar-refractivity contribution is 5.75. The molecule has 3 aromatic carbocycles. The Hall–Kier alpha value is -3.47. The number of fused-ring (bicyclic) bond motifs is 1. The largest absolute Gasteiger partial charge is 0.494 e. The number of benzene rings is 3. The summed E-state index contributed by atoms with van der Waals surface area (Å²) < 4.78 is 17.4. The molecule has 0 aliphatic carbocycles. The SMILES string of the molecule is O=C(O)C1Oc2ccccc2OC1c1ccc(OCCCc2ccccc2)cc1. The van der Waals surface area contributed by atoms with Gasteiger partial charge in [-0.3, -0.25) is 0 Å². The standard InChI is InChI=1S/C24H22O5/c25-24(26)23-22(28-20-10-4-5-11-21(20)29-23)18-12-14-19(15-13-18)27-16-6-9-17-7-2-1-3-8-17/h1-5,7-8,10-15,22-23H,6,9,16H2,(H,25,26). The Balaban J connectivity index is 1.38. The molecule has 2 unspecified atom stereocenters. The van der Waals surface area contributed by atoms with E-state index >= 15 is 0 Å². The molecule has 0 fully saturated rings. The van der Waals surface area contributed by atoms with E-state index in [0.29, 0.717) is 18.1 Å². The lowest BCUT2D eigenvalue weighted by atomic mass is 10.0. The van der Waals surface area contributed by atoms with Crippen molar-refractivity contribution >= 4 is 5.97 Å². The van der Waals surface area contributed by atoms with E-state index in [-0.39, 0.29) is 0 Å². The van der Waals surface area contributed by atoms with Gasteiger partial charge in [-0.25, -0.2) is 4.79 Å². The third-order valence-electron chi connectivity index (χ3n) is 4.81. The summed E-state index contributed by atoms with van der Waals surface area (Å²) in [5.74, 6) is 0.655. The molecule has 0 aromatic heterocycles. The molecule has 0 bridgehead atoms. The van der Waals surface area contributed by atoms with Crippen LogP contribution in [0.3, 0.4) is 0 Å². The first kappa shape index (κ1) is 18.9. The van der Waals surface area contributed by atoms with Crippen LogP contribution in [0.2, 0.25) is 0 Å². The molecule has 0 saturated carbocycles. The highest BCUT2D eigenvalue weighted by atomic mass is 16.6. The van der Waals surface area contributed by atoms with Crippen molar-refractivity contribution in [2.75, 3.05) is 6.61 Å². The summed E-state index contributed by atoms with van der Waals surface area (Å²) in [5, 5.41) is 9.56. The van der Waals surface area contributed by atoms with Gasteiger partial charge in [0, 0.05) is 0 Å². The number of rotatable bonds is 7. The number of para-hydroxylation sites is 2. The fourth-order valence-electron chi connectivity index (χ4n) is 3.33. The van der Waals surface area contributed by atoms with Crippen molar-refractivity contribution in [3.8, 4) is 17.2 Å². The second kappa shape index (κ2) is 8.69. The van der Waals surface area contributed by atoms with Gasteiger partial charge in [0.15, 0.2) is 17.6 Å². The first-order chi connectivity index (χ1) is 14.2. The van der Waals surface area contributed by atoms with Gasteiger partial charge in [-0.2, -0.15) is 0 Å². The first-order valence-electron chi connectivity index (χ1n) is 9.62. The van der Waals surface area contributed by atoms with Crippen LogP contribution in [0.4, 0.5) is 0 Å². The minimum Gasteiger partial charge on any atom is -0.494 e. The van der Waals surface area contributed by atoms with Crippen LogP contribution in [0.25, 0.3) is 0 Å². The summed E-state index contributed by atoms with van der Waals surface area (Å²) in [5.41, 5.74) is 2.02. The van der Waals surface area contributed by atoms with Crippen LogP contribution in [0, 0.1) is 0 Å². The number of hydrogen-bond acceptors (Lipinski definition) is 4. The zero-order chi connectivity index (χ0) is 20.1. The van der Waals surface area contributed by atoms with Gasteiger partial charge >= 0.3 is 5.97 Å². The van der Waals surface area contributed by atoms with Gasteiger partial charge < -0.3 is 19.3 Å². The molecular weight excluding hydrogens is 368 g/mol. The van der Waals surface area contributed by atoms with E-state index in [2.05, 4.69) is 12.1 Å². The van der Waals surface area contributed by atoms with E-state index in [1.807, 2.05) is 48.5 Å². The van der Waals surface area contributed by atoms with Crippen molar-refractivity contribution in [3.63, 3.8) is 0 Å². The Bertz CT molecular complexity index is 953. The smallest absolute Gasteiger partial charge is 0.349 e. The number of carbonyl (C=O) groups is 1. The summed E-state index contributed by atoms with van der Waals surface area (Å²) in [6.45, 7) is 0.613. The second-order valence-corrected chi connectivity index (χ2v) is 6.87. The van der Waals surface area contributed by atoms with Gasteiger partial charge in [0.2, 0.25) is 6.10 Å². The number of hydrogen-bond donors (Lipinski definition) is 1. The topological polar surface area (TPSA) is 65.0 Å². The summed E-state index contributed by atoms with van der Waals surface area (Å²) >= 11 is 0. The molecule has 148 valence electrons. The molecule has 5 heteroatoms. The molecule has 0 amide bonds. The van der Waals surface area contributed by atoms with Gasteiger partial charge in [-0.05, 0) is 48.2 Å². The minimum absolute atomic E-state index is 0.439. The summed E-state index contributed by atoms with van der Waals surface area (Å²) in [6.07, 6.45) is 0.0480. The van der Waals surface area contributed by atoms with Crippen LogP contribution in [-0.4, -0.2) is 23.8 Å². The highest BCUT2D eigenvalue weighted by Crippen LogP contribution is 2.39. The Morgan fingerprint density at radius 1 is 0.862 bits per heavy atom. The van der Waals surface area contributed by atoms with E-state index in [4.69, 9.17) is 14.2 Å². The number of aliphatic carboxylic acids is 1. The zero-order valence-corrected chi connectivity index (χ0v) is 15.9. The van der Waals surface area contributed by atoms with E-state index in [1.54, 1.807) is 18.2 Å². The molecule has 4 rings (SSSR count). The van der Waals surface area contributed by atoms with Gasteiger partial charge in [-0.1, -0.05) is 54.6 Å². The zero-order valence-electron chi connectivity index (χ0n) is 15.9. The molecule has 1 N–H and O–H groups in total. The van der Waals surface area contributed by atoms with Crippen LogP contribution in [0.15, 0.2) is 78.9 Å². The predicted molar refractivity (Wildman–Crippen MR) is 109 cm³/mol. The van der Waals surface area contributed by atoms with Crippen LogP contribution in [0.5, 0.6) is 17.2 Å². The van der Waals surface area contributed by atoms with Crippen molar-refractivity contribution in [1.29, 1.82) is 0 Å². The molecule has 3 aromatic rings. The Morgan fingerprint density at radius 2 is 1.52 bits per heavy atom. The third kappa shape index (κ3) is 4.51. The van der Waals surface area contributed by atoms with Crippen LogP contribution < -0.4 is 14.2 Å². The average molecular weight is 390 g/mol. The normalized spacial score (nSPS) is 17.5. The molecular formula is C24H22O5. The Labute approximate surface area is 169 Å². The lowest BCUT2D eigenvalue weighted by Gasteiger charge is -2.31. The van der Waals surface area contributed by atoms with Gasteiger partial charge in [0.25, 0.3) is 0 Å². The Morgan fingerprint density at radius 3 is 2.21 bits per heavy atom. The molecule has 0 radical (unpaired) electrons. The maximum absolute atomic E-state index is 11.7. The quantitative estimate of drug-likeness (QED) is 0.594. The van der Waals surface area contributed by atoms with Crippen molar-refractivity contribution in [1.82, 2.24) is 0 Å². The minimum atomic E-state index is -1.11. The molecule has 29 heavy (non-hydrogen) atoms. The molecule has 2 atom stereocenters. The fourth-order valence-corrected chi connectivity index (χ4v) is 3.33. The molecule has 5 nitrogen and oxygen atoms in total. The fraction of sp³-hybridized carbons (Fsp3) is 0.208. The highest BCUT2D eigenvalue weighted by Gasteiger charge is 2.38. The number of carboxylic acids is 1. The summed E-state index contributed by atoms with van der Waals surface area (Å²) in [4.78, 5) is 11.7. The van der Waals surface area contributed by atoms with Gasteiger partial charge in [-0.15, -0.1) is 0 Å². The van der Waals surface area contributed by atoms with Gasteiger partial charge in [0.1, 0.15) is 5.75 Å². The van der Waals surface area contributed by atoms with E-state index in [1.165, 1.54) is 5.56 Å². The van der Waals surface area contributed by atoms with Crippen molar-refractivity contribution in [2.45, 2.75) is 25.0 Å². The lowest BCUT2D eigenvalue weighted by Crippen LogP contribution is -2.39. The molecule has 1 aliphatic heterocycles. The lowest BCUT2D eigenvalue weighted by molar-refractivity contribution is -0.151. The second-order valence-electron chi connectivity index (χ2n) is 6.87. The number of carboxylic acid groups (broad SMARTS) is 1. The van der Waals surface area contributed by atoms with Crippen molar-refractivity contribution in [2.24, 2.45) is 0 Å². The van der Waals surface area contributed by atoms with E-state index < -0.39 is 18.2 Å². The van der Waals surface area contributed by atoms with Crippen molar-refractivity contribution in [3.05, 3.63) is 90.0 Å². The third-order valence-corrected chi connectivity index (χ3v) is 4.81. The monoisotopic (exact) mass is 390 g/mol. The average Bonchev–Trinajstić information content (AvgIpc) is 2.77. The van der Waals surface area contributed by atoms with E-state index in [0.717, 1.165) is 24.2 Å². The van der Waals surface area contributed by atoms with E-state index in [9.17, 15) is 9.90 Å². The first-order valence-corrected chi connectivity index (χ1v) is 9.62. The maximum atomic E-state index is 11.7. The summed E-state index contributed by atoms with van der Waals surface area (Å²) in [7, 11) is 0. The maximum Gasteiger partial charge on any atom is 0.349 e.